The van der Waals surface area contributed by atoms with E-state index in [0.717, 1.165) is 30.3 Å². The molecule has 2 aliphatic rings. The van der Waals surface area contributed by atoms with Gasteiger partial charge in [0.05, 0.1) is 5.52 Å². The molecule has 1 aromatic carbocycles. The highest BCUT2D eigenvalue weighted by molar-refractivity contribution is 7.98. The first-order valence-corrected chi connectivity index (χ1v) is 10.5. The molecule has 0 spiro atoms. The SMILES string of the molecule is CSc1ccc2ncnc(N3CC4CCCC(N)C4C3)c2c1.O=C(O)C(F)(F)F. The van der Waals surface area contributed by atoms with Crippen molar-refractivity contribution < 1.29 is 23.1 Å². The van der Waals surface area contributed by atoms with Crippen LogP contribution < -0.4 is 10.6 Å². The molecule has 1 aliphatic heterocycles. The topological polar surface area (TPSA) is 92.3 Å². The van der Waals surface area contributed by atoms with E-state index in [1.807, 2.05) is 0 Å². The quantitative estimate of drug-likeness (QED) is 0.707. The Kier molecular flexibility index (Phi) is 6.52. The summed E-state index contributed by atoms with van der Waals surface area (Å²) in [6.45, 7) is 2.13. The van der Waals surface area contributed by atoms with Gasteiger partial charge in [0.2, 0.25) is 0 Å². The second kappa shape index (κ2) is 8.74. The normalized spacial score (nSPS) is 24.0. The number of benzene rings is 1. The van der Waals surface area contributed by atoms with E-state index in [2.05, 4.69) is 39.3 Å². The number of fused-ring (bicyclic) bond motifs is 2. The van der Waals surface area contributed by atoms with Crippen molar-refractivity contribution in [2.45, 2.75) is 36.4 Å². The molecule has 1 aliphatic carbocycles. The Bertz CT molecular complexity index is 880. The summed E-state index contributed by atoms with van der Waals surface area (Å²) in [7, 11) is 0. The van der Waals surface area contributed by atoms with Gasteiger partial charge >= 0.3 is 12.1 Å². The van der Waals surface area contributed by atoms with Gasteiger partial charge in [-0.05, 0) is 49.1 Å². The zero-order valence-corrected chi connectivity index (χ0v) is 16.7. The van der Waals surface area contributed by atoms with Gasteiger partial charge in [-0.2, -0.15) is 13.2 Å². The van der Waals surface area contributed by atoms with E-state index in [1.165, 1.54) is 29.5 Å². The molecule has 1 saturated carbocycles. The zero-order chi connectivity index (χ0) is 21.2. The molecule has 1 saturated heterocycles. The number of nitrogens with zero attached hydrogens (tertiary/aromatic N) is 3. The van der Waals surface area contributed by atoms with Crippen LogP contribution >= 0.6 is 11.8 Å². The van der Waals surface area contributed by atoms with Gasteiger partial charge in [0.15, 0.2) is 0 Å². The molecule has 2 heterocycles. The van der Waals surface area contributed by atoms with Crippen molar-refractivity contribution in [1.82, 2.24) is 9.97 Å². The summed E-state index contributed by atoms with van der Waals surface area (Å²) in [5.74, 6) is -0.310. The smallest absolute Gasteiger partial charge is 0.475 e. The monoisotopic (exact) mass is 428 g/mol. The number of thioether (sulfide) groups is 1. The lowest BCUT2D eigenvalue weighted by Crippen LogP contribution is -2.38. The van der Waals surface area contributed by atoms with Gasteiger partial charge in [0, 0.05) is 29.4 Å². The predicted octanol–water partition coefficient (Wildman–Crippen LogP) is 3.55. The van der Waals surface area contributed by atoms with Gasteiger partial charge in [-0.25, -0.2) is 14.8 Å². The van der Waals surface area contributed by atoms with Crippen LogP contribution in [0.2, 0.25) is 0 Å². The molecule has 3 unspecified atom stereocenters. The lowest BCUT2D eigenvalue weighted by molar-refractivity contribution is -0.192. The Morgan fingerprint density at radius 1 is 1.28 bits per heavy atom. The van der Waals surface area contributed by atoms with Crippen molar-refractivity contribution in [3.8, 4) is 0 Å². The summed E-state index contributed by atoms with van der Waals surface area (Å²) in [4.78, 5) is 21.6. The van der Waals surface area contributed by atoms with Gasteiger partial charge in [-0.15, -0.1) is 11.8 Å². The Balaban J connectivity index is 0.000000298. The predicted molar refractivity (Wildman–Crippen MR) is 106 cm³/mol. The number of halogens is 3. The van der Waals surface area contributed by atoms with Crippen LogP contribution in [0, 0.1) is 11.8 Å². The van der Waals surface area contributed by atoms with Crippen LogP contribution in [-0.2, 0) is 4.79 Å². The van der Waals surface area contributed by atoms with Crippen LogP contribution in [0.3, 0.4) is 0 Å². The van der Waals surface area contributed by atoms with E-state index < -0.39 is 12.1 Å². The van der Waals surface area contributed by atoms with Crippen molar-refractivity contribution in [3.63, 3.8) is 0 Å². The summed E-state index contributed by atoms with van der Waals surface area (Å²) in [5, 5.41) is 8.29. The first kappa shape index (κ1) is 21.6. The minimum Gasteiger partial charge on any atom is -0.475 e. The third kappa shape index (κ3) is 4.92. The van der Waals surface area contributed by atoms with Crippen LogP contribution in [0.5, 0.6) is 0 Å². The lowest BCUT2D eigenvalue weighted by atomic mass is 9.78. The van der Waals surface area contributed by atoms with Gasteiger partial charge in [0.25, 0.3) is 0 Å². The number of aliphatic carboxylic acids is 1. The Labute approximate surface area is 170 Å². The van der Waals surface area contributed by atoms with E-state index in [-0.39, 0.29) is 0 Å². The highest BCUT2D eigenvalue weighted by Gasteiger charge is 2.39. The first-order valence-electron chi connectivity index (χ1n) is 9.30. The standard InChI is InChI=1S/C17H22N4S.C2HF3O2/c1-22-12-5-6-16-13(7-12)17(20-10-19-16)21-8-11-3-2-4-15(18)14(11)9-21;3-2(4,5)1(6)7/h5-7,10-11,14-15H,2-4,8-9,18H2,1H3;(H,6,7). The van der Waals surface area contributed by atoms with Crippen LogP contribution in [-0.4, -0.2) is 52.6 Å². The van der Waals surface area contributed by atoms with Crippen molar-refractivity contribution in [3.05, 3.63) is 24.5 Å². The minimum atomic E-state index is -5.08. The third-order valence-electron chi connectivity index (χ3n) is 5.52. The summed E-state index contributed by atoms with van der Waals surface area (Å²) >= 11 is 1.76. The van der Waals surface area contributed by atoms with E-state index in [1.54, 1.807) is 18.1 Å². The molecule has 2 aromatic rings. The van der Waals surface area contributed by atoms with Crippen LogP contribution in [0.25, 0.3) is 10.9 Å². The van der Waals surface area contributed by atoms with E-state index in [0.29, 0.717) is 12.0 Å². The van der Waals surface area contributed by atoms with E-state index >= 15 is 0 Å². The van der Waals surface area contributed by atoms with E-state index in [4.69, 9.17) is 15.6 Å². The molecule has 1 aromatic heterocycles. The highest BCUT2D eigenvalue weighted by Crippen LogP contribution is 2.38. The van der Waals surface area contributed by atoms with Gasteiger partial charge in [-0.1, -0.05) is 6.42 Å². The summed E-state index contributed by atoms with van der Waals surface area (Å²) in [6.07, 6.45) is 2.48. The zero-order valence-electron chi connectivity index (χ0n) is 15.9. The van der Waals surface area contributed by atoms with Crippen molar-refractivity contribution in [2.75, 3.05) is 24.2 Å². The fourth-order valence-corrected chi connectivity index (χ4v) is 4.53. The molecule has 2 fully saturated rings. The largest absolute Gasteiger partial charge is 0.490 e. The average molecular weight is 428 g/mol. The molecular weight excluding hydrogens is 405 g/mol. The molecule has 4 rings (SSSR count). The van der Waals surface area contributed by atoms with Crippen LogP contribution in [0.4, 0.5) is 19.0 Å². The number of carboxylic acid groups (broad SMARTS) is 1. The number of carboxylic acids is 1. The first-order chi connectivity index (χ1) is 13.7. The van der Waals surface area contributed by atoms with E-state index in [9.17, 15) is 13.2 Å². The van der Waals surface area contributed by atoms with Crippen molar-refractivity contribution in [2.24, 2.45) is 17.6 Å². The summed E-state index contributed by atoms with van der Waals surface area (Å²) in [6, 6.07) is 6.81. The van der Waals surface area contributed by atoms with Crippen LogP contribution in [0.1, 0.15) is 19.3 Å². The molecule has 0 amide bonds. The number of anilines is 1. The van der Waals surface area contributed by atoms with Crippen LogP contribution in [0.15, 0.2) is 29.4 Å². The maximum absolute atomic E-state index is 10.6. The number of aromatic nitrogens is 2. The maximum Gasteiger partial charge on any atom is 0.490 e. The summed E-state index contributed by atoms with van der Waals surface area (Å²) < 4.78 is 31.7. The van der Waals surface area contributed by atoms with Crippen molar-refractivity contribution >= 4 is 34.5 Å². The molecular formula is C19H23F3N4O2S. The van der Waals surface area contributed by atoms with Gasteiger partial charge < -0.3 is 15.7 Å². The molecule has 0 radical (unpaired) electrons. The second-order valence-corrected chi connectivity index (χ2v) is 8.19. The fraction of sp³-hybridized carbons (Fsp3) is 0.526. The second-order valence-electron chi connectivity index (χ2n) is 7.31. The lowest BCUT2D eigenvalue weighted by Gasteiger charge is -2.29. The molecule has 158 valence electrons. The number of hydrogen-bond acceptors (Lipinski definition) is 6. The minimum absolute atomic E-state index is 0.360. The average Bonchev–Trinajstić information content (AvgIpc) is 3.12. The Morgan fingerprint density at radius 2 is 2.00 bits per heavy atom. The number of hydrogen-bond donors (Lipinski definition) is 2. The Hall–Kier alpha value is -2.07. The van der Waals surface area contributed by atoms with Gasteiger partial charge in [-0.3, -0.25) is 0 Å². The highest BCUT2D eigenvalue weighted by atomic mass is 32.2. The maximum atomic E-state index is 10.6. The number of alkyl halides is 3. The molecule has 3 N–H and O–H groups in total. The molecule has 10 heteroatoms. The molecule has 3 atom stereocenters. The third-order valence-corrected chi connectivity index (χ3v) is 6.24. The number of nitrogens with two attached hydrogens (primary N) is 1. The number of rotatable bonds is 2. The summed E-state index contributed by atoms with van der Waals surface area (Å²) in [5.41, 5.74) is 7.39. The molecule has 6 nitrogen and oxygen atoms in total. The fourth-order valence-electron chi connectivity index (χ4n) is 4.09. The Morgan fingerprint density at radius 3 is 2.62 bits per heavy atom. The molecule has 0 bridgehead atoms. The van der Waals surface area contributed by atoms with Crippen molar-refractivity contribution in [1.29, 1.82) is 0 Å². The number of carbonyl (C=O) groups is 1. The molecule has 29 heavy (non-hydrogen) atoms. The van der Waals surface area contributed by atoms with Gasteiger partial charge in [0.1, 0.15) is 12.1 Å².